The number of nitriles is 1. The van der Waals surface area contributed by atoms with E-state index in [2.05, 4.69) is 11.4 Å². The molecule has 0 aliphatic rings. The van der Waals surface area contributed by atoms with Crippen LogP contribution < -0.4 is 10.0 Å². The number of unbranched alkanes of at least 4 members (excludes halogenated alkanes) is 5. The third-order valence-electron chi connectivity index (χ3n) is 5.27. The van der Waals surface area contributed by atoms with Crippen LogP contribution in [0, 0.1) is 40.4 Å². The molecule has 0 fully saturated rings. The average molecular weight is 504 g/mol. The molecule has 2 rings (SSSR count). The zero-order chi connectivity index (χ0) is 25.3. The maximum absolute atomic E-state index is 14.0. The van der Waals surface area contributed by atoms with Crippen LogP contribution in [0.5, 0.6) is 0 Å². The van der Waals surface area contributed by atoms with E-state index in [4.69, 9.17) is 5.26 Å². The molecule has 5 nitrogen and oxygen atoms in total. The van der Waals surface area contributed by atoms with Crippen molar-refractivity contribution in [3.8, 4) is 6.07 Å². The Kier molecular flexibility index (Phi) is 10.3. The lowest BCUT2D eigenvalue weighted by Crippen LogP contribution is -2.26. The molecule has 0 aromatic heterocycles. The standard InChI is InChI=1S/C23H26F5N3O2S/c1-15(10-6-4-2-3-5-9-13-29)30-14-16-11-7-8-12-17(16)31-34(32,33)23-21(27)19(25)18(24)20(26)22(23)28/h7-8,11-12,15,30-31H,2-6,9-10,14H2,1H3/t15-/m0/s1. The van der Waals surface area contributed by atoms with Gasteiger partial charge in [0.25, 0.3) is 10.0 Å². The first kappa shape index (κ1) is 27.5. The number of hydrogen-bond donors (Lipinski definition) is 2. The van der Waals surface area contributed by atoms with Gasteiger partial charge in [0.2, 0.25) is 5.82 Å². The second-order valence-corrected chi connectivity index (χ2v) is 9.53. The third-order valence-corrected chi connectivity index (χ3v) is 6.65. The number of nitrogens with zero attached hydrogens (tertiary/aromatic N) is 1. The highest BCUT2D eigenvalue weighted by Crippen LogP contribution is 2.29. The topological polar surface area (TPSA) is 82.0 Å². The molecule has 1 atom stereocenters. The van der Waals surface area contributed by atoms with Gasteiger partial charge in [-0.05, 0) is 31.4 Å². The summed E-state index contributed by atoms with van der Waals surface area (Å²) in [6, 6.07) is 8.19. The molecule has 0 aliphatic carbocycles. The number of halogens is 5. The van der Waals surface area contributed by atoms with Crippen LogP contribution >= 0.6 is 0 Å². The highest BCUT2D eigenvalue weighted by atomic mass is 32.2. The molecule has 0 radical (unpaired) electrons. The molecule has 34 heavy (non-hydrogen) atoms. The molecule has 2 aromatic rings. The van der Waals surface area contributed by atoms with Crippen molar-refractivity contribution in [3.05, 3.63) is 58.9 Å². The van der Waals surface area contributed by atoms with E-state index in [1.165, 1.54) is 12.1 Å². The zero-order valence-electron chi connectivity index (χ0n) is 18.6. The Morgan fingerprint density at radius 3 is 2.09 bits per heavy atom. The molecule has 0 spiro atoms. The van der Waals surface area contributed by atoms with E-state index in [0.717, 1.165) is 38.5 Å². The Bertz CT molecular complexity index is 1110. The molecular formula is C23H26F5N3O2S. The van der Waals surface area contributed by atoms with E-state index in [1.807, 2.05) is 11.6 Å². The fourth-order valence-corrected chi connectivity index (χ4v) is 4.60. The van der Waals surface area contributed by atoms with Crippen LogP contribution in [0.15, 0.2) is 29.2 Å². The molecule has 0 saturated carbocycles. The monoisotopic (exact) mass is 503 g/mol. The Morgan fingerprint density at radius 2 is 1.44 bits per heavy atom. The molecule has 0 unspecified atom stereocenters. The van der Waals surface area contributed by atoms with E-state index in [9.17, 15) is 30.4 Å². The SMILES string of the molecule is C[C@@H](CCCCCCCC#N)NCc1ccccc1NS(=O)(=O)c1c(F)c(F)c(F)c(F)c1F. The quantitative estimate of drug-likeness (QED) is 0.154. The van der Waals surface area contributed by atoms with Crippen molar-refractivity contribution in [2.24, 2.45) is 0 Å². The third kappa shape index (κ3) is 7.14. The van der Waals surface area contributed by atoms with Gasteiger partial charge in [0.1, 0.15) is 0 Å². The minimum atomic E-state index is -5.12. The summed E-state index contributed by atoms with van der Waals surface area (Å²) >= 11 is 0. The van der Waals surface area contributed by atoms with Crippen LogP contribution in [-0.2, 0) is 16.6 Å². The van der Waals surface area contributed by atoms with Crippen LogP contribution in [0.25, 0.3) is 0 Å². The molecule has 0 aliphatic heterocycles. The van der Waals surface area contributed by atoms with Gasteiger partial charge in [-0.1, -0.05) is 43.9 Å². The smallest absolute Gasteiger partial charge is 0.268 e. The first-order valence-corrected chi connectivity index (χ1v) is 12.3. The number of para-hydroxylation sites is 1. The summed E-state index contributed by atoms with van der Waals surface area (Å²) in [7, 11) is -5.12. The van der Waals surface area contributed by atoms with Crippen molar-refractivity contribution >= 4 is 15.7 Å². The minimum absolute atomic E-state index is 0.0522. The predicted octanol–water partition coefficient (Wildman–Crippen LogP) is 5.92. The van der Waals surface area contributed by atoms with E-state index in [1.54, 1.807) is 12.1 Å². The van der Waals surface area contributed by atoms with Crippen LogP contribution in [0.1, 0.15) is 57.4 Å². The van der Waals surface area contributed by atoms with Gasteiger partial charge in [0, 0.05) is 19.0 Å². The van der Waals surface area contributed by atoms with Crippen LogP contribution in [0.4, 0.5) is 27.6 Å². The lowest BCUT2D eigenvalue weighted by Gasteiger charge is -2.17. The van der Waals surface area contributed by atoms with Gasteiger partial charge in [-0.25, -0.2) is 30.4 Å². The number of hydrogen-bond acceptors (Lipinski definition) is 4. The zero-order valence-corrected chi connectivity index (χ0v) is 19.4. The van der Waals surface area contributed by atoms with E-state index >= 15 is 0 Å². The van der Waals surface area contributed by atoms with Crippen molar-refractivity contribution in [1.29, 1.82) is 5.26 Å². The van der Waals surface area contributed by atoms with Crippen molar-refractivity contribution in [3.63, 3.8) is 0 Å². The van der Waals surface area contributed by atoms with Crippen LogP contribution in [0.3, 0.4) is 0 Å². The van der Waals surface area contributed by atoms with Gasteiger partial charge in [-0.3, -0.25) is 4.72 Å². The second kappa shape index (κ2) is 12.7. The summed E-state index contributed by atoms with van der Waals surface area (Å²) in [5.74, 6) is -12.0. The van der Waals surface area contributed by atoms with E-state index in [-0.39, 0.29) is 18.3 Å². The molecule has 0 bridgehead atoms. The first-order valence-electron chi connectivity index (χ1n) is 10.8. The number of sulfonamides is 1. The molecule has 0 heterocycles. The fourth-order valence-electron chi connectivity index (χ4n) is 3.36. The molecule has 0 saturated heterocycles. The van der Waals surface area contributed by atoms with Crippen LogP contribution in [-0.4, -0.2) is 14.5 Å². The summed E-state index contributed by atoms with van der Waals surface area (Å²) in [5, 5.41) is 11.7. The van der Waals surface area contributed by atoms with E-state index in [0.29, 0.717) is 12.0 Å². The van der Waals surface area contributed by atoms with Gasteiger partial charge >= 0.3 is 0 Å². The Balaban J connectivity index is 2.04. The Hall–Kier alpha value is -2.71. The highest BCUT2D eigenvalue weighted by Gasteiger charge is 2.33. The van der Waals surface area contributed by atoms with Crippen molar-refractivity contribution in [1.82, 2.24) is 5.32 Å². The molecular weight excluding hydrogens is 477 g/mol. The normalized spacial score (nSPS) is 12.4. The summed E-state index contributed by atoms with van der Waals surface area (Å²) in [5.41, 5.74) is 0.377. The van der Waals surface area contributed by atoms with Gasteiger partial charge in [-0.15, -0.1) is 0 Å². The van der Waals surface area contributed by atoms with Gasteiger partial charge in [-0.2, -0.15) is 5.26 Å². The number of nitrogens with one attached hydrogen (secondary N) is 2. The number of anilines is 1. The summed E-state index contributed by atoms with van der Waals surface area (Å²) < 4.78 is 95.3. The predicted molar refractivity (Wildman–Crippen MR) is 118 cm³/mol. The van der Waals surface area contributed by atoms with Crippen LogP contribution in [0.2, 0.25) is 0 Å². The molecule has 186 valence electrons. The summed E-state index contributed by atoms with van der Waals surface area (Å²) in [6.07, 6.45) is 6.35. The molecule has 0 amide bonds. The Labute approximate surface area is 196 Å². The number of rotatable bonds is 13. The second-order valence-electron chi connectivity index (χ2n) is 7.91. The molecule has 11 heteroatoms. The summed E-state index contributed by atoms with van der Waals surface area (Å²) in [6.45, 7) is 2.16. The maximum atomic E-state index is 14.0. The van der Waals surface area contributed by atoms with Crippen molar-refractivity contribution in [2.45, 2.75) is 69.4 Å². The lowest BCUT2D eigenvalue weighted by atomic mass is 10.1. The lowest BCUT2D eigenvalue weighted by molar-refractivity contribution is 0.358. The first-order chi connectivity index (χ1) is 16.1. The summed E-state index contributed by atoms with van der Waals surface area (Å²) in [4.78, 5) is -1.94. The highest BCUT2D eigenvalue weighted by molar-refractivity contribution is 7.92. The van der Waals surface area contributed by atoms with Crippen molar-refractivity contribution in [2.75, 3.05) is 4.72 Å². The van der Waals surface area contributed by atoms with Gasteiger partial charge in [0.15, 0.2) is 28.2 Å². The fraction of sp³-hybridized carbons (Fsp3) is 0.435. The maximum Gasteiger partial charge on any atom is 0.268 e. The average Bonchev–Trinajstić information content (AvgIpc) is 2.80. The number of benzene rings is 2. The van der Waals surface area contributed by atoms with Gasteiger partial charge in [0.05, 0.1) is 11.8 Å². The Morgan fingerprint density at radius 1 is 0.882 bits per heavy atom. The molecule has 2 N–H and O–H groups in total. The minimum Gasteiger partial charge on any atom is -0.310 e. The van der Waals surface area contributed by atoms with Gasteiger partial charge < -0.3 is 5.32 Å². The van der Waals surface area contributed by atoms with E-state index < -0.39 is 44.0 Å². The largest absolute Gasteiger partial charge is 0.310 e. The molecule has 2 aromatic carbocycles. The van der Waals surface area contributed by atoms with Crippen molar-refractivity contribution < 1.29 is 30.4 Å².